The van der Waals surface area contributed by atoms with E-state index in [1.54, 1.807) is 0 Å². The molecule has 0 amide bonds. The first-order valence-electron chi connectivity index (χ1n) is 10.4. The Hall–Kier alpha value is 0.810. The third-order valence-corrected chi connectivity index (χ3v) is 3.91. The Morgan fingerprint density at radius 1 is 0.677 bits per heavy atom. The Labute approximate surface area is 233 Å². The molecule has 0 bridgehead atoms. The second-order valence-corrected chi connectivity index (χ2v) is 8.65. The van der Waals surface area contributed by atoms with Gasteiger partial charge in [-0.3, -0.25) is 18.0 Å². The van der Waals surface area contributed by atoms with Crippen LogP contribution in [0.5, 0.6) is 0 Å². The first kappa shape index (κ1) is 39.0. The van der Waals surface area contributed by atoms with E-state index in [1.165, 1.54) is 25.7 Å². The molecule has 0 aliphatic carbocycles. The van der Waals surface area contributed by atoms with Gasteiger partial charge in [-0.05, 0) is 24.7 Å². The van der Waals surface area contributed by atoms with Crippen molar-refractivity contribution >= 4 is 22.3 Å². The average Bonchev–Trinajstić information content (AvgIpc) is 2.57. The molecule has 0 aromatic rings. The average molecular weight is 485 g/mol. The molecule has 31 heavy (non-hydrogen) atoms. The number of hydrogen-bond acceptors (Lipinski definition) is 8. The molecule has 0 saturated heterocycles. The van der Waals surface area contributed by atoms with Gasteiger partial charge in [0.25, 0.3) is 0 Å². The summed E-state index contributed by atoms with van der Waals surface area (Å²) < 4.78 is 44.3. The second-order valence-electron chi connectivity index (χ2n) is 7.84. The van der Waals surface area contributed by atoms with Gasteiger partial charge in [-0.25, -0.2) is 0 Å². The molecule has 8 nitrogen and oxygen atoms in total. The monoisotopic (exact) mass is 484 g/mol. The second kappa shape index (κ2) is 25.4. The Morgan fingerprint density at radius 3 is 1.23 bits per heavy atom. The summed E-state index contributed by atoms with van der Waals surface area (Å²) >= 11 is 0. The van der Waals surface area contributed by atoms with Crippen LogP contribution in [0.4, 0.5) is 0 Å². The van der Waals surface area contributed by atoms with Crippen LogP contribution >= 0.6 is 0 Å². The van der Waals surface area contributed by atoms with Gasteiger partial charge in [-0.2, -0.15) is 0 Å². The predicted molar refractivity (Wildman–Crippen MR) is 108 cm³/mol. The third-order valence-electron chi connectivity index (χ3n) is 3.91. The van der Waals surface area contributed by atoms with Crippen molar-refractivity contribution in [3.63, 3.8) is 0 Å². The van der Waals surface area contributed by atoms with Gasteiger partial charge in [-0.1, -0.05) is 66.2 Å². The number of carbonyl (C=O) groups excluding carboxylic acids is 2. The minimum Gasteiger partial charge on any atom is -0.759 e. The molecule has 0 heterocycles. The maximum absolute atomic E-state index is 11.5. The number of unbranched alkanes of at least 4 members (excludes halogenated alkanes) is 4. The normalized spacial score (nSPS) is 10.5. The summed E-state index contributed by atoms with van der Waals surface area (Å²) in [5.74, 6) is 0.864. The fourth-order valence-electron chi connectivity index (χ4n) is 2.38. The van der Waals surface area contributed by atoms with Crippen molar-refractivity contribution in [2.75, 3.05) is 13.2 Å². The van der Waals surface area contributed by atoms with Gasteiger partial charge in [0.05, 0.1) is 26.1 Å². The molecule has 0 aliphatic heterocycles. The van der Waals surface area contributed by atoms with Crippen molar-refractivity contribution in [1.82, 2.24) is 0 Å². The zero-order chi connectivity index (χ0) is 22.7. The van der Waals surface area contributed by atoms with E-state index in [4.69, 9.17) is 27.0 Å². The summed E-state index contributed by atoms with van der Waals surface area (Å²) in [5, 5.41) is 0. The van der Waals surface area contributed by atoms with Gasteiger partial charge in [0.1, 0.15) is 0 Å². The van der Waals surface area contributed by atoms with Crippen LogP contribution in [-0.4, -0.2) is 42.7 Å². The SMILES string of the molecule is CC(C)CCCCCOC(=O)CCC(=O)OCCCCCC(C)C.O=S(=O)([O-])[O-].[Na+].[Na+]. The number of ether oxygens (including phenoxy) is 2. The standard InChI is InChI=1S/C20H38O4.2Na.H2O4S/c1-17(2)11-7-5-9-15-23-19(21)13-14-20(22)24-16-10-6-8-12-18(3)4;;;1-5(2,3)4/h17-18H,5-16H2,1-4H3;;;(H2,1,2,3,4)/q;2*+1;/p-2. The van der Waals surface area contributed by atoms with Crippen molar-refractivity contribution in [3.8, 4) is 0 Å². The Balaban J connectivity index is -0.000000464. The fraction of sp³-hybridized carbons (Fsp3) is 0.900. The first-order chi connectivity index (χ1) is 13.4. The molecular weight excluding hydrogens is 446 g/mol. The summed E-state index contributed by atoms with van der Waals surface area (Å²) in [6.45, 7) is 9.77. The van der Waals surface area contributed by atoms with Crippen molar-refractivity contribution in [2.24, 2.45) is 11.8 Å². The van der Waals surface area contributed by atoms with Crippen LogP contribution < -0.4 is 59.1 Å². The van der Waals surface area contributed by atoms with Crippen LogP contribution in [0.2, 0.25) is 0 Å². The Morgan fingerprint density at radius 2 is 0.968 bits per heavy atom. The smallest absolute Gasteiger partial charge is 0.759 e. The van der Waals surface area contributed by atoms with E-state index in [9.17, 15) is 9.59 Å². The number of hydrogen-bond donors (Lipinski definition) is 0. The molecule has 0 aromatic heterocycles. The minimum atomic E-state index is -5.17. The summed E-state index contributed by atoms with van der Waals surface area (Å²) in [7, 11) is -5.17. The van der Waals surface area contributed by atoms with E-state index in [2.05, 4.69) is 27.7 Å². The van der Waals surface area contributed by atoms with E-state index >= 15 is 0 Å². The van der Waals surface area contributed by atoms with Gasteiger partial charge in [-0.15, -0.1) is 0 Å². The van der Waals surface area contributed by atoms with Gasteiger partial charge in [0.2, 0.25) is 0 Å². The number of rotatable bonds is 15. The summed E-state index contributed by atoms with van der Waals surface area (Å²) in [6.07, 6.45) is 9.02. The van der Waals surface area contributed by atoms with Crippen molar-refractivity contribution in [2.45, 2.75) is 91.9 Å². The van der Waals surface area contributed by atoms with Crippen LogP contribution in [0.3, 0.4) is 0 Å². The molecule has 0 rings (SSSR count). The summed E-state index contributed by atoms with van der Waals surface area (Å²) in [6, 6.07) is 0. The molecule has 0 atom stereocenters. The van der Waals surface area contributed by atoms with Crippen LogP contribution in [0.1, 0.15) is 91.9 Å². The largest absolute Gasteiger partial charge is 1.00 e. The molecule has 0 aliphatic rings. The van der Waals surface area contributed by atoms with E-state index < -0.39 is 10.4 Å². The first-order valence-corrected chi connectivity index (χ1v) is 11.7. The van der Waals surface area contributed by atoms with Gasteiger partial charge in [0.15, 0.2) is 0 Å². The molecule has 11 heteroatoms. The molecule has 0 spiro atoms. The van der Waals surface area contributed by atoms with Crippen molar-refractivity contribution in [1.29, 1.82) is 0 Å². The molecule has 0 saturated carbocycles. The Kier molecular flexibility index (Phi) is 32.0. The van der Waals surface area contributed by atoms with Crippen LogP contribution in [0, 0.1) is 11.8 Å². The summed E-state index contributed by atoms with van der Waals surface area (Å²) in [5.41, 5.74) is 0. The predicted octanol–water partition coefficient (Wildman–Crippen LogP) is -2.04. The fourth-order valence-corrected chi connectivity index (χ4v) is 2.38. The van der Waals surface area contributed by atoms with Gasteiger partial charge < -0.3 is 18.6 Å². The molecule has 0 unspecified atom stereocenters. The molecule has 0 fully saturated rings. The number of esters is 2. The van der Waals surface area contributed by atoms with E-state index in [-0.39, 0.29) is 83.9 Å². The zero-order valence-electron chi connectivity index (χ0n) is 20.3. The molecule has 0 N–H and O–H groups in total. The van der Waals surface area contributed by atoms with Crippen LogP contribution in [0.15, 0.2) is 0 Å². The van der Waals surface area contributed by atoms with Gasteiger partial charge >= 0.3 is 71.1 Å². The molecule has 0 aromatic carbocycles. The van der Waals surface area contributed by atoms with Crippen LogP contribution in [-0.2, 0) is 29.5 Å². The molecular formula is C20H38Na2O8S. The van der Waals surface area contributed by atoms with Crippen molar-refractivity contribution in [3.05, 3.63) is 0 Å². The molecule has 0 radical (unpaired) electrons. The maximum atomic E-state index is 11.5. The van der Waals surface area contributed by atoms with Gasteiger partial charge in [0, 0.05) is 10.4 Å². The topological polar surface area (TPSA) is 133 Å². The summed E-state index contributed by atoms with van der Waals surface area (Å²) in [4.78, 5) is 23.1. The third kappa shape index (κ3) is 45.1. The van der Waals surface area contributed by atoms with Crippen LogP contribution in [0.25, 0.3) is 0 Å². The van der Waals surface area contributed by atoms with Crippen molar-refractivity contribution < 1.29 is 95.7 Å². The maximum Gasteiger partial charge on any atom is 1.00 e. The van der Waals surface area contributed by atoms with E-state index in [1.807, 2.05) is 0 Å². The Bertz CT molecular complexity index is 485. The quantitative estimate of drug-likeness (QED) is 0.0853. The van der Waals surface area contributed by atoms with E-state index in [0.29, 0.717) is 13.2 Å². The zero-order valence-corrected chi connectivity index (χ0v) is 25.1. The minimum absolute atomic E-state index is 0. The number of carbonyl (C=O) groups is 2. The molecule has 174 valence electrons. The van der Waals surface area contributed by atoms with E-state index in [0.717, 1.165) is 37.5 Å².